The molecule has 0 radical (unpaired) electrons. The van der Waals surface area contributed by atoms with Gasteiger partial charge in [0.25, 0.3) is 0 Å². The molecule has 47 heavy (non-hydrogen) atoms. The maximum atomic E-state index is 2.40. The molecule has 1 aromatic heterocycles. The second-order valence-electron chi connectivity index (χ2n) is 12.5. The van der Waals surface area contributed by atoms with Gasteiger partial charge < -0.3 is 0 Å². The summed E-state index contributed by atoms with van der Waals surface area (Å²) < 4.78 is 2.71. The van der Waals surface area contributed by atoms with Crippen molar-refractivity contribution in [3.8, 4) is 33.4 Å². The summed E-state index contributed by atoms with van der Waals surface area (Å²) in [6.07, 6.45) is 0. The predicted molar refractivity (Wildman–Crippen MR) is 206 cm³/mol. The predicted octanol–water partition coefficient (Wildman–Crippen LogP) is 13.7. The van der Waals surface area contributed by atoms with Gasteiger partial charge in [0.05, 0.1) is 0 Å². The minimum Gasteiger partial charge on any atom is -0.135 e. The summed E-state index contributed by atoms with van der Waals surface area (Å²) in [5.74, 6) is 0. The molecule has 0 unspecified atom stereocenters. The van der Waals surface area contributed by atoms with Crippen LogP contribution in [0, 0.1) is 0 Å². The number of benzene rings is 9. The largest absolute Gasteiger partial charge is 0.135 e. The van der Waals surface area contributed by atoms with Crippen LogP contribution in [0.5, 0.6) is 0 Å². The molecular weight excluding hydrogens is 585 g/mol. The Balaban J connectivity index is 1.07. The number of hydrogen-bond donors (Lipinski definition) is 0. The molecule has 10 aromatic rings. The summed E-state index contributed by atoms with van der Waals surface area (Å²) >= 11 is 1.90. The third-order valence-electron chi connectivity index (χ3n) is 9.85. The van der Waals surface area contributed by atoms with Crippen LogP contribution in [0.4, 0.5) is 0 Å². The summed E-state index contributed by atoms with van der Waals surface area (Å²) in [5.41, 5.74) is 7.44. The van der Waals surface area contributed by atoms with Crippen molar-refractivity contribution >= 4 is 74.6 Å². The Morgan fingerprint density at radius 2 is 0.745 bits per heavy atom. The van der Waals surface area contributed by atoms with Crippen LogP contribution in [0.15, 0.2) is 170 Å². The molecule has 0 bridgehead atoms. The van der Waals surface area contributed by atoms with E-state index in [-0.39, 0.29) is 0 Å². The van der Waals surface area contributed by atoms with Gasteiger partial charge >= 0.3 is 0 Å². The van der Waals surface area contributed by atoms with Crippen LogP contribution in [0.1, 0.15) is 0 Å². The highest BCUT2D eigenvalue weighted by Gasteiger charge is 2.14. The third kappa shape index (κ3) is 4.14. The fraction of sp³-hybridized carbons (Fsp3) is 0. The van der Waals surface area contributed by atoms with Crippen molar-refractivity contribution in [3.05, 3.63) is 170 Å². The van der Waals surface area contributed by atoms with Gasteiger partial charge in [-0.1, -0.05) is 146 Å². The molecule has 0 aliphatic heterocycles. The molecule has 0 spiro atoms. The van der Waals surface area contributed by atoms with Crippen molar-refractivity contribution in [1.82, 2.24) is 0 Å². The van der Waals surface area contributed by atoms with E-state index in [4.69, 9.17) is 0 Å². The summed E-state index contributed by atoms with van der Waals surface area (Å²) in [7, 11) is 0. The third-order valence-corrected chi connectivity index (χ3v) is 11.1. The summed E-state index contributed by atoms with van der Waals surface area (Å²) in [5, 5.41) is 13.1. The molecule has 0 fully saturated rings. The zero-order chi connectivity index (χ0) is 30.9. The van der Waals surface area contributed by atoms with E-state index in [1.165, 1.54) is 96.6 Å². The molecule has 9 aromatic carbocycles. The van der Waals surface area contributed by atoms with Gasteiger partial charge in [-0.25, -0.2) is 0 Å². The maximum absolute atomic E-state index is 2.40. The molecule has 0 amide bonds. The minimum atomic E-state index is 1.22. The quantitative estimate of drug-likeness (QED) is 0.174. The van der Waals surface area contributed by atoms with E-state index in [9.17, 15) is 0 Å². The molecule has 0 aliphatic carbocycles. The van der Waals surface area contributed by atoms with Crippen LogP contribution in [-0.2, 0) is 0 Å². The van der Waals surface area contributed by atoms with Crippen LogP contribution in [0.2, 0.25) is 0 Å². The molecule has 1 heterocycles. The lowest BCUT2D eigenvalue weighted by molar-refractivity contribution is 1.59. The molecule has 0 nitrogen and oxygen atoms in total. The average Bonchev–Trinajstić information content (AvgIpc) is 3.53. The Bertz CT molecular complexity index is 2800. The molecule has 0 atom stereocenters. The molecule has 218 valence electrons. The summed E-state index contributed by atoms with van der Waals surface area (Å²) in [4.78, 5) is 0. The molecule has 0 aliphatic rings. The maximum Gasteiger partial charge on any atom is 0.0434 e. The van der Waals surface area contributed by atoms with Crippen molar-refractivity contribution in [2.45, 2.75) is 0 Å². The lowest BCUT2D eigenvalue weighted by Crippen LogP contribution is -1.86. The Labute approximate surface area is 276 Å². The number of fused-ring (bicyclic) bond motifs is 11. The first-order chi connectivity index (χ1) is 23.3. The fourth-order valence-electron chi connectivity index (χ4n) is 7.59. The van der Waals surface area contributed by atoms with Crippen molar-refractivity contribution in [3.63, 3.8) is 0 Å². The topological polar surface area (TPSA) is 0 Å². The Hall–Kier alpha value is -5.76. The standard InChI is InChI=1S/C46H28S/c1-2-14-36-34(12-1)35-13-3-4-15-37(35)43-27-33(24-25-39(36)43)32-11-9-10-31(26-32)29-20-22-30(23-21-29)42-28-44-40-17-7-8-19-45(40)47-46(44)41-18-6-5-16-38(41)42/h1-28H. The Morgan fingerprint density at radius 1 is 0.255 bits per heavy atom. The van der Waals surface area contributed by atoms with E-state index in [1.54, 1.807) is 0 Å². The van der Waals surface area contributed by atoms with Gasteiger partial charge in [0.1, 0.15) is 0 Å². The van der Waals surface area contributed by atoms with E-state index in [0.717, 1.165) is 0 Å². The SMILES string of the molecule is c1cc(-c2ccc(-c3cc4c5ccccc5sc4c4ccccc34)cc2)cc(-c2ccc3c4ccccc4c4ccccc4c3c2)c1. The van der Waals surface area contributed by atoms with Gasteiger partial charge in [0, 0.05) is 25.6 Å². The van der Waals surface area contributed by atoms with Crippen LogP contribution >= 0.6 is 11.3 Å². The lowest BCUT2D eigenvalue weighted by atomic mass is 9.91. The van der Waals surface area contributed by atoms with E-state index < -0.39 is 0 Å². The highest BCUT2D eigenvalue weighted by molar-refractivity contribution is 7.26. The first-order valence-corrected chi connectivity index (χ1v) is 17.0. The monoisotopic (exact) mass is 612 g/mol. The van der Waals surface area contributed by atoms with Crippen molar-refractivity contribution < 1.29 is 0 Å². The molecule has 10 rings (SSSR count). The average molecular weight is 613 g/mol. The Kier molecular flexibility index (Phi) is 5.85. The van der Waals surface area contributed by atoms with E-state index in [2.05, 4.69) is 170 Å². The number of rotatable bonds is 3. The second kappa shape index (κ2) is 10.4. The normalized spacial score (nSPS) is 11.8. The van der Waals surface area contributed by atoms with E-state index in [1.807, 2.05) is 11.3 Å². The fourth-order valence-corrected chi connectivity index (χ4v) is 8.81. The van der Waals surface area contributed by atoms with Crippen LogP contribution in [0.3, 0.4) is 0 Å². The molecule has 0 N–H and O–H groups in total. The Morgan fingerprint density at radius 3 is 1.45 bits per heavy atom. The van der Waals surface area contributed by atoms with Gasteiger partial charge in [0.15, 0.2) is 0 Å². The summed E-state index contributed by atoms with van der Waals surface area (Å²) in [6.45, 7) is 0. The minimum absolute atomic E-state index is 1.22. The van der Waals surface area contributed by atoms with Crippen molar-refractivity contribution in [2.24, 2.45) is 0 Å². The van der Waals surface area contributed by atoms with Gasteiger partial charge in [-0.05, 0) is 95.3 Å². The van der Waals surface area contributed by atoms with Crippen LogP contribution in [0.25, 0.3) is 96.6 Å². The number of thiophene rings is 1. The smallest absolute Gasteiger partial charge is 0.0434 e. The van der Waals surface area contributed by atoms with Gasteiger partial charge in [-0.3, -0.25) is 0 Å². The zero-order valence-corrected chi connectivity index (χ0v) is 26.4. The molecule has 0 saturated heterocycles. The highest BCUT2D eigenvalue weighted by atomic mass is 32.1. The van der Waals surface area contributed by atoms with E-state index >= 15 is 0 Å². The number of hydrogen-bond acceptors (Lipinski definition) is 1. The first kappa shape index (κ1) is 26.5. The van der Waals surface area contributed by atoms with Gasteiger partial charge in [0.2, 0.25) is 0 Å². The molecular formula is C46H28S. The van der Waals surface area contributed by atoms with Gasteiger partial charge in [-0.15, -0.1) is 11.3 Å². The van der Waals surface area contributed by atoms with Gasteiger partial charge in [-0.2, -0.15) is 0 Å². The highest BCUT2D eigenvalue weighted by Crippen LogP contribution is 2.43. The zero-order valence-electron chi connectivity index (χ0n) is 25.6. The van der Waals surface area contributed by atoms with Crippen molar-refractivity contribution in [2.75, 3.05) is 0 Å². The van der Waals surface area contributed by atoms with Crippen LogP contribution in [-0.4, -0.2) is 0 Å². The lowest BCUT2D eigenvalue weighted by Gasteiger charge is -2.13. The molecule has 0 saturated carbocycles. The first-order valence-electron chi connectivity index (χ1n) is 16.2. The van der Waals surface area contributed by atoms with E-state index in [0.29, 0.717) is 0 Å². The van der Waals surface area contributed by atoms with Crippen LogP contribution < -0.4 is 0 Å². The second-order valence-corrected chi connectivity index (χ2v) is 13.5. The van der Waals surface area contributed by atoms with Crippen molar-refractivity contribution in [1.29, 1.82) is 0 Å². The molecule has 1 heteroatoms. The summed E-state index contributed by atoms with van der Waals surface area (Å²) in [6, 6.07) is 62.7.